The maximum absolute atomic E-state index is 9.34. The van der Waals surface area contributed by atoms with Crippen LogP contribution in [-0.2, 0) is 0 Å². The first kappa shape index (κ1) is 7.94. The summed E-state index contributed by atoms with van der Waals surface area (Å²) >= 11 is 5.04. The molecule has 1 aliphatic rings. The van der Waals surface area contributed by atoms with Crippen LogP contribution < -0.4 is 0 Å². The third-order valence-corrected chi connectivity index (χ3v) is 2.31. The van der Waals surface area contributed by atoms with Crippen LogP contribution >= 0.6 is 12.2 Å². The fourth-order valence-corrected chi connectivity index (χ4v) is 1.59. The zero-order valence-corrected chi connectivity index (χ0v) is 7.64. The molecule has 1 aromatic heterocycles. The fourth-order valence-electron chi connectivity index (χ4n) is 1.30. The minimum absolute atomic E-state index is 0.473. The molecule has 0 saturated heterocycles. The summed E-state index contributed by atoms with van der Waals surface area (Å²) in [5, 5.41) is 16.0. The number of H-pyrrole nitrogens is 1. The van der Waals surface area contributed by atoms with E-state index in [4.69, 9.17) is 12.2 Å². The van der Waals surface area contributed by atoms with Gasteiger partial charge in [0, 0.05) is 6.04 Å². The highest BCUT2D eigenvalue weighted by Gasteiger charge is 2.28. The molecule has 0 aliphatic heterocycles. The van der Waals surface area contributed by atoms with Crippen LogP contribution in [0, 0.1) is 4.77 Å². The van der Waals surface area contributed by atoms with E-state index in [-0.39, 0.29) is 0 Å². The second-order valence-corrected chi connectivity index (χ2v) is 3.55. The Bertz CT molecular complexity index is 337. The Balaban J connectivity index is 2.46. The monoisotopic (exact) mass is 185 g/mol. The molecule has 2 rings (SSSR count). The number of nitrogens with zero attached hydrogens (tertiary/aromatic N) is 2. The molecule has 5 heteroatoms. The van der Waals surface area contributed by atoms with Crippen molar-refractivity contribution < 1.29 is 5.11 Å². The van der Waals surface area contributed by atoms with E-state index in [1.54, 1.807) is 6.92 Å². The first-order valence-corrected chi connectivity index (χ1v) is 4.46. The van der Waals surface area contributed by atoms with E-state index in [1.165, 1.54) is 0 Å². The van der Waals surface area contributed by atoms with Crippen molar-refractivity contribution in [3.63, 3.8) is 0 Å². The number of aliphatic hydroxyl groups excluding tert-OH is 1. The zero-order valence-electron chi connectivity index (χ0n) is 6.82. The maximum atomic E-state index is 9.34. The third-order valence-electron chi connectivity index (χ3n) is 2.02. The molecule has 1 heterocycles. The Morgan fingerprint density at radius 1 is 1.75 bits per heavy atom. The summed E-state index contributed by atoms with van der Waals surface area (Å²) in [5.74, 6) is 0.655. The molecular formula is C7H11N3OS. The SMILES string of the molecule is C[C@H](O)c1n[nH]c(=S)n1C1CC1. The Morgan fingerprint density at radius 2 is 2.42 bits per heavy atom. The summed E-state index contributed by atoms with van der Waals surface area (Å²) < 4.78 is 2.54. The van der Waals surface area contributed by atoms with Crippen molar-refractivity contribution in [3.8, 4) is 0 Å². The molecule has 0 bridgehead atoms. The number of hydrogen-bond acceptors (Lipinski definition) is 3. The zero-order chi connectivity index (χ0) is 8.72. The normalized spacial score (nSPS) is 19.5. The van der Waals surface area contributed by atoms with E-state index in [2.05, 4.69) is 10.2 Å². The van der Waals surface area contributed by atoms with Crippen molar-refractivity contribution in [3.05, 3.63) is 10.6 Å². The Morgan fingerprint density at radius 3 is 2.92 bits per heavy atom. The van der Waals surface area contributed by atoms with Gasteiger partial charge in [0.1, 0.15) is 6.10 Å². The minimum Gasteiger partial charge on any atom is -0.385 e. The van der Waals surface area contributed by atoms with Crippen LogP contribution in [0.1, 0.15) is 37.7 Å². The van der Waals surface area contributed by atoms with Gasteiger partial charge in [-0.1, -0.05) is 0 Å². The highest BCUT2D eigenvalue weighted by molar-refractivity contribution is 7.71. The number of aliphatic hydroxyl groups is 1. The topological polar surface area (TPSA) is 53.8 Å². The lowest BCUT2D eigenvalue weighted by atomic mass is 10.4. The van der Waals surface area contributed by atoms with Crippen molar-refractivity contribution in [1.29, 1.82) is 0 Å². The smallest absolute Gasteiger partial charge is 0.195 e. The van der Waals surface area contributed by atoms with Crippen molar-refractivity contribution in [2.45, 2.75) is 31.9 Å². The standard InChI is InChI=1S/C7H11N3OS/c1-4(11)6-8-9-7(12)10(6)5-2-3-5/h4-5,11H,2-3H2,1H3,(H,9,12)/t4-/m0/s1. The van der Waals surface area contributed by atoms with Crippen LogP contribution in [0.3, 0.4) is 0 Å². The Hall–Kier alpha value is -0.680. The summed E-state index contributed by atoms with van der Waals surface area (Å²) in [7, 11) is 0. The molecular weight excluding hydrogens is 174 g/mol. The summed E-state index contributed by atoms with van der Waals surface area (Å²) in [6.07, 6.45) is 1.75. The molecule has 4 nitrogen and oxygen atoms in total. The molecule has 1 aliphatic carbocycles. The molecule has 1 atom stereocenters. The second kappa shape index (κ2) is 2.67. The van der Waals surface area contributed by atoms with E-state index in [0.717, 1.165) is 12.8 Å². The lowest BCUT2D eigenvalue weighted by Crippen LogP contribution is -2.04. The van der Waals surface area contributed by atoms with Gasteiger partial charge in [0.2, 0.25) is 0 Å². The van der Waals surface area contributed by atoms with Crippen LogP contribution in [-0.4, -0.2) is 19.9 Å². The molecule has 1 fully saturated rings. The average Bonchev–Trinajstić information content (AvgIpc) is 2.75. The summed E-state index contributed by atoms with van der Waals surface area (Å²) in [6.45, 7) is 1.70. The Labute approximate surface area is 75.2 Å². The number of aromatic amines is 1. The second-order valence-electron chi connectivity index (χ2n) is 3.16. The van der Waals surface area contributed by atoms with E-state index in [0.29, 0.717) is 16.6 Å². The van der Waals surface area contributed by atoms with Crippen molar-refractivity contribution in [2.75, 3.05) is 0 Å². The number of aromatic nitrogens is 3. The third kappa shape index (κ3) is 1.19. The summed E-state index contributed by atoms with van der Waals surface area (Å²) in [4.78, 5) is 0. The van der Waals surface area contributed by atoms with Crippen LogP contribution in [0.2, 0.25) is 0 Å². The van der Waals surface area contributed by atoms with E-state index in [9.17, 15) is 5.11 Å². The summed E-state index contributed by atoms with van der Waals surface area (Å²) in [5.41, 5.74) is 0. The molecule has 12 heavy (non-hydrogen) atoms. The van der Waals surface area contributed by atoms with Crippen molar-refractivity contribution >= 4 is 12.2 Å². The maximum Gasteiger partial charge on any atom is 0.195 e. The number of nitrogens with one attached hydrogen (secondary N) is 1. The number of hydrogen-bond donors (Lipinski definition) is 2. The fraction of sp³-hybridized carbons (Fsp3) is 0.714. The largest absolute Gasteiger partial charge is 0.385 e. The van der Waals surface area contributed by atoms with Crippen LogP contribution in [0.4, 0.5) is 0 Å². The van der Waals surface area contributed by atoms with Gasteiger partial charge in [-0.3, -0.25) is 9.67 Å². The molecule has 2 N–H and O–H groups in total. The molecule has 66 valence electrons. The molecule has 1 aromatic rings. The van der Waals surface area contributed by atoms with E-state index in [1.807, 2.05) is 4.57 Å². The predicted molar refractivity (Wildman–Crippen MR) is 46.3 cm³/mol. The van der Waals surface area contributed by atoms with Gasteiger partial charge in [-0.2, -0.15) is 5.10 Å². The van der Waals surface area contributed by atoms with Crippen molar-refractivity contribution in [1.82, 2.24) is 14.8 Å². The Kier molecular flexibility index (Phi) is 1.77. The lowest BCUT2D eigenvalue weighted by molar-refractivity contribution is 0.183. The molecule has 0 amide bonds. The van der Waals surface area contributed by atoms with Gasteiger partial charge in [-0.05, 0) is 32.0 Å². The van der Waals surface area contributed by atoms with Gasteiger partial charge in [-0.25, -0.2) is 0 Å². The van der Waals surface area contributed by atoms with Crippen LogP contribution in [0.15, 0.2) is 0 Å². The average molecular weight is 185 g/mol. The first-order chi connectivity index (χ1) is 5.70. The minimum atomic E-state index is -0.543. The van der Waals surface area contributed by atoms with E-state index < -0.39 is 6.10 Å². The molecule has 0 aromatic carbocycles. The quantitative estimate of drug-likeness (QED) is 0.683. The molecule has 1 saturated carbocycles. The van der Waals surface area contributed by atoms with E-state index >= 15 is 0 Å². The number of rotatable bonds is 2. The lowest BCUT2D eigenvalue weighted by Gasteiger charge is -2.05. The highest BCUT2D eigenvalue weighted by Crippen LogP contribution is 2.36. The van der Waals surface area contributed by atoms with Gasteiger partial charge in [0.15, 0.2) is 10.6 Å². The van der Waals surface area contributed by atoms with Crippen LogP contribution in [0.5, 0.6) is 0 Å². The van der Waals surface area contributed by atoms with Crippen LogP contribution in [0.25, 0.3) is 0 Å². The molecule has 0 radical (unpaired) electrons. The van der Waals surface area contributed by atoms with Gasteiger partial charge < -0.3 is 5.11 Å². The molecule has 0 spiro atoms. The highest BCUT2D eigenvalue weighted by atomic mass is 32.1. The molecule has 0 unspecified atom stereocenters. The van der Waals surface area contributed by atoms with Gasteiger partial charge >= 0.3 is 0 Å². The van der Waals surface area contributed by atoms with Crippen molar-refractivity contribution in [2.24, 2.45) is 0 Å². The van der Waals surface area contributed by atoms with Gasteiger partial charge in [-0.15, -0.1) is 0 Å². The van der Waals surface area contributed by atoms with Gasteiger partial charge in [0.05, 0.1) is 0 Å². The van der Waals surface area contributed by atoms with Gasteiger partial charge in [0.25, 0.3) is 0 Å². The predicted octanol–water partition coefficient (Wildman–Crippen LogP) is 1.33. The first-order valence-electron chi connectivity index (χ1n) is 4.05. The summed E-state index contributed by atoms with van der Waals surface area (Å²) in [6, 6.07) is 0.473.